The molecule has 0 N–H and O–H groups in total. The molecule has 7 atom stereocenters. The zero-order valence-corrected chi connectivity index (χ0v) is 29.6. The smallest absolute Gasteiger partial charge is 0.184 e. The molecule has 2 aliphatic heterocycles. The molecule has 6 aromatic carbocycles. The molecule has 264 valence electrons. The molecule has 2 aliphatic rings. The third-order valence-corrected chi connectivity index (χ3v) is 10.6. The van der Waals surface area contributed by atoms with Crippen molar-refractivity contribution in [2.75, 3.05) is 6.61 Å². The first-order chi connectivity index (χ1) is 25.8. The SMILES string of the molecule is c1ccc(COC[C@H]2O[C@@H](c3ccccc3)O[C@H]3[C@H](OCc4ccc5ccccc5c4)[C@H](OCc4ccccc4)[C@@H](Sc4ccccc4)O[C@@H]32)cc1. The van der Waals surface area contributed by atoms with Crippen LogP contribution in [0.25, 0.3) is 10.8 Å². The number of thioether (sulfide) groups is 1. The van der Waals surface area contributed by atoms with E-state index in [-0.39, 0.29) is 0 Å². The molecule has 0 bridgehead atoms. The number of hydrogen-bond donors (Lipinski definition) is 0. The predicted octanol–water partition coefficient (Wildman–Crippen LogP) is 9.53. The van der Waals surface area contributed by atoms with E-state index in [9.17, 15) is 0 Å². The summed E-state index contributed by atoms with van der Waals surface area (Å²) < 4.78 is 40.9. The minimum Gasteiger partial charge on any atom is -0.374 e. The summed E-state index contributed by atoms with van der Waals surface area (Å²) in [6.45, 7) is 1.55. The molecule has 8 rings (SSSR count). The molecule has 0 amide bonds. The van der Waals surface area contributed by atoms with Crippen molar-refractivity contribution in [2.24, 2.45) is 0 Å². The summed E-state index contributed by atoms with van der Waals surface area (Å²) in [6, 6.07) is 55.6. The molecule has 52 heavy (non-hydrogen) atoms. The molecule has 0 radical (unpaired) electrons. The highest BCUT2D eigenvalue weighted by Crippen LogP contribution is 2.44. The molecule has 2 saturated heterocycles. The fourth-order valence-electron chi connectivity index (χ4n) is 6.85. The zero-order valence-electron chi connectivity index (χ0n) is 28.8. The lowest BCUT2D eigenvalue weighted by atomic mass is 9.93. The van der Waals surface area contributed by atoms with Gasteiger partial charge in [-0.25, -0.2) is 0 Å². The van der Waals surface area contributed by atoms with Gasteiger partial charge in [-0.3, -0.25) is 0 Å². The lowest BCUT2D eigenvalue weighted by Crippen LogP contribution is -2.65. The first kappa shape index (κ1) is 34.8. The first-order valence-electron chi connectivity index (χ1n) is 17.9. The minimum atomic E-state index is -0.642. The van der Waals surface area contributed by atoms with Crippen LogP contribution in [-0.4, -0.2) is 42.6 Å². The lowest BCUT2D eigenvalue weighted by molar-refractivity contribution is -0.355. The minimum absolute atomic E-state index is 0.318. The van der Waals surface area contributed by atoms with E-state index in [1.165, 1.54) is 10.8 Å². The van der Waals surface area contributed by atoms with Gasteiger partial charge in [0.05, 0.1) is 26.4 Å². The van der Waals surface area contributed by atoms with Crippen molar-refractivity contribution in [3.63, 3.8) is 0 Å². The van der Waals surface area contributed by atoms with Gasteiger partial charge in [0.2, 0.25) is 0 Å². The van der Waals surface area contributed by atoms with E-state index in [1.807, 2.05) is 84.9 Å². The van der Waals surface area contributed by atoms with Gasteiger partial charge in [0.1, 0.15) is 36.0 Å². The average molecular weight is 711 g/mol. The number of benzene rings is 6. The van der Waals surface area contributed by atoms with Crippen LogP contribution >= 0.6 is 11.8 Å². The van der Waals surface area contributed by atoms with Gasteiger partial charge in [-0.15, -0.1) is 0 Å². The third-order valence-electron chi connectivity index (χ3n) is 9.48. The largest absolute Gasteiger partial charge is 0.374 e. The Morgan fingerprint density at radius 3 is 1.81 bits per heavy atom. The van der Waals surface area contributed by atoms with Crippen molar-refractivity contribution in [2.45, 2.75) is 67.0 Å². The summed E-state index contributed by atoms with van der Waals surface area (Å²) in [5.41, 5.74) is 3.74. The molecule has 0 aromatic heterocycles. The Morgan fingerprint density at radius 2 is 1.08 bits per heavy atom. The van der Waals surface area contributed by atoms with Gasteiger partial charge in [-0.05, 0) is 45.7 Å². The van der Waals surface area contributed by atoms with Crippen LogP contribution in [-0.2, 0) is 48.2 Å². The molecule has 0 aliphatic carbocycles. The van der Waals surface area contributed by atoms with Crippen LogP contribution in [0.1, 0.15) is 28.5 Å². The van der Waals surface area contributed by atoms with Crippen molar-refractivity contribution in [1.29, 1.82) is 0 Å². The highest BCUT2D eigenvalue weighted by molar-refractivity contribution is 7.99. The molecule has 0 unspecified atom stereocenters. The molecule has 6 nitrogen and oxygen atoms in total. The number of ether oxygens (including phenoxy) is 6. The normalized spacial score (nSPS) is 24.3. The van der Waals surface area contributed by atoms with E-state index < -0.39 is 42.2 Å². The van der Waals surface area contributed by atoms with Crippen molar-refractivity contribution in [3.05, 3.63) is 186 Å². The van der Waals surface area contributed by atoms with Gasteiger partial charge in [0.25, 0.3) is 0 Å². The first-order valence-corrected chi connectivity index (χ1v) is 18.7. The summed E-state index contributed by atoms with van der Waals surface area (Å²) in [4.78, 5) is 1.07. The summed E-state index contributed by atoms with van der Waals surface area (Å²) >= 11 is 1.63. The van der Waals surface area contributed by atoms with Crippen molar-refractivity contribution in [1.82, 2.24) is 0 Å². The van der Waals surface area contributed by atoms with Crippen LogP contribution in [0.3, 0.4) is 0 Å². The topological polar surface area (TPSA) is 55.4 Å². The number of hydrogen-bond acceptors (Lipinski definition) is 7. The van der Waals surface area contributed by atoms with Crippen molar-refractivity contribution < 1.29 is 28.4 Å². The maximum Gasteiger partial charge on any atom is 0.184 e. The molecule has 0 saturated carbocycles. The Balaban J connectivity index is 1.14. The molecular weight excluding hydrogens is 669 g/mol. The summed E-state index contributed by atoms with van der Waals surface area (Å²) in [5.74, 6) is 0. The molecular formula is C45H42O6S. The van der Waals surface area contributed by atoms with Crippen molar-refractivity contribution >= 4 is 22.5 Å². The fraction of sp³-hybridized carbons (Fsp3) is 0.244. The zero-order chi connectivity index (χ0) is 35.0. The van der Waals surface area contributed by atoms with Crippen LogP contribution in [0.15, 0.2) is 169 Å². The van der Waals surface area contributed by atoms with E-state index >= 15 is 0 Å². The maximum absolute atomic E-state index is 7.06. The molecule has 2 heterocycles. The Morgan fingerprint density at radius 1 is 0.481 bits per heavy atom. The standard InChI is InChI=1S/C45H42O6S/c1-5-15-32(16-6-1)28-46-31-39-40-42(50-44(49-39)36-20-9-3-10-21-36)41(47-30-34-25-26-35-19-13-14-22-37(35)27-34)43(48-29-33-17-7-2-8-18-33)45(51-40)52-38-23-11-4-12-24-38/h1-27,39-45H,28-31H2/t39-,40-,41+,42-,43+,44-,45-/m1/s1. The van der Waals surface area contributed by atoms with Gasteiger partial charge < -0.3 is 28.4 Å². The number of fused-ring (bicyclic) bond motifs is 2. The van der Waals surface area contributed by atoms with Crippen molar-refractivity contribution in [3.8, 4) is 0 Å². The second-order valence-electron chi connectivity index (χ2n) is 13.1. The van der Waals surface area contributed by atoms with E-state index in [0.717, 1.165) is 27.1 Å². The van der Waals surface area contributed by atoms with Gasteiger partial charge in [-0.2, -0.15) is 0 Å². The third kappa shape index (κ3) is 8.49. The van der Waals surface area contributed by atoms with E-state index in [2.05, 4.69) is 78.9 Å². The van der Waals surface area contributed by atoms with Crippen LogP contribution in [0.2, 0.25) is 0 Å². The van der Waals surface area contributed by atoms with Crippen LogP contribution in [0, 0.1) is 0 Å². The average Bonchev–Trinajstić information content (AvgIpc) is 3.21. The van der Waals surface area contributed by atoms with E-state index in [0.29, 0.717) is 26.4 Å². The van der Waals surface area contributed by atoms with Gasteiger partial charge in [0.15, 0.2) is 6.29 Å². The lowest BCUT2D eigenvalue weighted by Gasteiger charge is -2.51. The fourth-order valence-corrected chi connectivity index (χ4v) is 7.98. The predicted molar refractivity (Wildman–Crippen MR) is 204 cm³/mol. The second-order valence-corrected chi connectivity index (χ2v) is 14.3. The molecule has 6 aromatic rings. The van der Waals surface area contributed by atoms with Gasteiger partial charge in [-0.1, -0.05) is 157 Å². The molecule has 0 spiro atoms. The Labute approximate surface area is 309 Å². The van der Waals surface area contributed by atoms with E-state index in [4.69, 9.17) is 28.4 Å². The summed E-state index contributed by atoms with van der Waals surface area (Å²) in [7, 11) is 0. The van der Waals surface area contributed by atoms with Gasteiger partial charge in [0, 0.05) is 10.5 Å². The monoisotopic (exact) mass is 710 g/mol. The highest BCUT2D eigenvalue weighted by Gasteiger charge is 2.55. The summed E-state index contributed by atoms with van der Waals surface area (Å²) in [5, 5.41) is 2.36. The molecule has 7 heteroatoms. The van der Waals surface area contributed by atoms with Gasteiger partial charge >= 0.3 is 0 Å². The second kappa shape index (κ2) is 17.0. The van der Waals surface area contributed by atoms with Crippen LogP contribution < -0.4 is 0 Å². The summed E-state index contributed by atoms with van der Waals surface area (Å²) in [6.07, 6.45) is -3.06. The Bertz CT molecular complexity index is 1980. The highest BCUT2D eigenvalue weighted by atomic mass is 32.2. The van der Waals surface area contributed by atoms with Crippen LogP contribution in [0.5, 0.6) is 0 Å². The Hall–Kier alpha value is -4.31. The quantitative estimate of drug-likeness (QED) is 0.118. The number of rotatable bonds is 13. The Kier molecular flexibility index (Phi) is 11.4. The molecule has 2 fully saturated rings. The van der Waals surface area contributed by atoms with E-state index in [1.54, 1.807) is 11.8 Å². The maximum atomic E-state index is 7.06. The van der Waals surface area contributed by atoms with Crippen LogP contribution in [0.4, 0.5) is 0 Å².